The van der Waals surface area contributed by atoms with Crippen LogP contribution in [0.1, 0.15) is 13.8 Å². The average Bonchev–Trinajstić information content (AvgIpc) is 1.30. The highest BCUT2D eigenvalue weighted by Gasteiger charge is 2.09. The lowest BCUT2D eigenvalue weighted by Gasteiger charge is -2.13. The first-order valence-electron chi connectivity index (χ1n) is 2.35. The minimum absolute atomic E-state index is 0.123. The fourth-order valence-electron chi connectivity index (χ4n) is 0.322. The van der Waals surface area contributed by atoms with Gasteiger partial charge in [0.2, 0.25) is 0 Å². The van der Waals surface area contributed by atoms with Gasteiger partial charge in [0.1, 0.15) is 6.54 Å². The Bertz CT molecular complexity index is 44.5. The first kappa shape index (κ1) is 6.92. The normalized spacial score (nSPS) is 12.0. The molecule has 43 valence electrons. The molecule has 3 N–H and O–H groups in total. The zero-order chi connectivity index (χ0) is 5.91. The Morgan fingerprint density at radius 3 is 2.14 bits per heavy atom. The Morgan fingerprint density at radius 2 is 2.14 bits per heavy atom. The minimum Gasteiger partial charge on any atom is -0.333 e. The molecule has 0 saturated carbocycles. The lowest BCUT2D eigenvalue weighted by atomic mass is 10.1. The summed E-state index contributed by atoms with van der Waals surface area (Å²) < 4.78 is 0. The van der Waals surface area contributed by atoms with Crippen LogP contribution in [0.15, 0.2) is 0 Å². The van der Waals surface area contributed by atoms with Crippen LogP contribution in [-0.4, -0.2) is 12.1 Å². The fourth-order valence-corrected chi connectivity index (χ4v) is 0.322. The number of nitrogens with one attached hydrogen (secondary N) is 1. The van der Waals surface area contributed by atoms with E-state index in [1.54, 1.807) is 0 Å². The van der Waals surface area contributed by atoms with Crippen LogP contribution in [0.4, 0.5) is 0 Å². The fraction of sp³-hybridized carbons (Fsp3) is 0.800. The van der Waals surface area contributed by atoms with Gasteiger partial charge in [0.25, 0.3) is 0 Å². The van der Waals surface area contributed by atoms with Gasteiger partial charge in [0, 0.05) is 0 Å². The Labute approximate surface area is 45.1 Å². The summed E-state index contributed by atoms with van der Waals surface area (Å²) in [4.78, 5) is 0. The standard InChI is InChI=1S/C5H13N2/c1-5(2,6)4-7-3/h7H,3-4,6H2,1-2H3. The third kappa shape index (κ3) is 5.92. The van der Waals surface area contributed by atoms with E-state index in [-0.39, 0.29) is 5.54 Å². The van der Waals surface area contributed by atoms with Crippen molar-refractivity contribution in [3.8, 4) is 0 Å². The van der Waals surface area contributed by atoms with Gasteiger partial charge in [0.15, 0.2) is 0 Å². The molecule has 0 unspecified atom stereocenters. The van der Waals surface area contributed by atoms with E-state index < -0.39 is 0 Å². The largest absolute Gasteiger partial charge is 0.333 e. The van der Waals surface area contributed by atoms with Crippen molar-refractivity contribution in [2.75, 3.05) is 6.54 Å². The van der Waals surface area contributed by atoms with E-state index >= 15 is 0 Å². The average molecular weight is 101 g/mol. The summed E-state index contributed by atoms with van der Waals surface area (Å²) in [6, 6.07) is 0. The maximum Gasteiger partial charge on any atom is 0.110 e. The van der Waals surface area contributed by atoms with E-state index in [0.717, 1.165) is 6.54 Å². The second kappa shape index (κ2) is 2.28. The summed E-state index contributed by atoms with van der Waals surface area (Å²) >= 11 is 0. The van der Waals surface area contributed by atoms with Crippen molar-refractivity contribution in [1.29, 1.82) is 0 Å². The molecule has 0 amide bonds. The van der Waals surface area contributed by atoms with Crippen LogP contribution in [0.5, 0.6) is 0 Å². The number of nitrogens with two attached hydrogens (primary N) is 1. The molecular formula is C5H13N2. The molecule has 0 saturated heterocycles. The highest BCUT2D eigenvalue weighted by molar-refractivity contribution is 4.67. The monoisotopic (exact) mass is 101 g/mol. The zero-order valence-corrected chi connectivity index (χ0v) is 4.99. The first-order chi connectivity index (χ1) is 3.06. The van der Waals surface area contributed by atoms with Crippen LogP contribution in [0.2, 0.25) is 0 Å². The van der Waals surface area contributed by atoms with Crippen molar-refractivity contribution in [3.05, 3.63) is 7.05 Å². The predicted molar refractivity (Wildman–Crippen MR) is 29.5 cm³/mol. The van der Waals surface area contributed by atoms with E-state index in [2.05, 4.69) is 12.4 Å². The number of rotatable bonds is 2. The molecule has 1 radical (unpaired) electrons. The van der Waals surface area contributed by atoms with Gasteiger partial charge in [-0.15, -0.1) is 7.05 Å². The molecule has 2 heteroatoms. The third-order valence-corrected chi connectivity index (χ3v) is 0.581. The maximum absolute atomic E-state index is 5.54. The molecule has 0 rings (SSSR count). The van der Waals surface area contributed by atoms with Crippen LogP contribution < -0.4 is 11.1 Å². The van der Waals surface area contributed by atoms with Gasteiger partial charge in [-0.2, -0.15) is 0 Å². The van der Waals surface area contributed by atoms with Crippen molar-refractivity contribution in [2.24, 2.45) is 5.73 Å². The summed E-state index contributed by atoms with van der Waals surface area (Å²) in [5, 5.41) is 2.73. The third-order valence-electron chi connectivity index (χ3n) is 0.581. The highest BCUT2D eigenvalue weighted by Crippen LogP contribution is 1.87. The van der Waals surface area contributed by atoms with Crippen LogP contribution in [0.25, 0.3) is 0 Å². The molecule has 0 aliphatic rings. The summed E-state index contributed by atoms with van der Waals surface area (Å²) in [5.41, 5.74) is 5.42. The van der Waals surface area contributed by atoms with Gasteiger partial charge in [-0.3, -0.25) is 0 Å². The Hall–Kier alpha value is -0.0800. The molecule has 2 nitrogen and oxygen atoms in total. The molecule has 7 heavy (non-hydrogen) atoms. The Balaban J connectivity index is 3.15. The van der Waals surface area contributed by atoms with E-state index in [1.165, 1.54) is 0 Å². The molecule has 0 fully saturated rings. The minimum atomic E-state index is -0.123. The molecule has 0 aromatic rings. The van der Waals surface area contributed by atoms with Crippen molar-refractivity contribution >= 4 is 0 Å². The molecule has 0 atom stereocenters. The Morgan fingerprint density at radius 1 is 1.71 bits per heavy atom. The topological polar surface area (TPSA) is 41.6 Å². The highest BCUT2D eigenvalue weighted by atomic mass is 14.9. The van der Waals surface area contributed by atoms with Crippen LogP contribution in [-0.2, 0) is 0 Å². The number of hydrogen-bond donors (Lipinski definition) is 2. The lowest BCUT2D eigenvalue weighted by molar-refractivity contribution is -0.601. The molecular weight excluding hydrogens is 88.1 g/mol. The second-order valence-electron chi connectivity index (χ2n) is 2.42. The van der Waals surface area contributed by atoms with Crippen molar-refractivity contribution in [3.63, 3.8) is 0 Å². The van der Waals surface area contributed by atoms with E-state index in [4.69, 9.17) is 5.73 Å². The SMILES string of the molecule is [CH2-][NH+]CC(C)(C)N. The van der Waals surface area contributed by atoms with Gasteiger partial charge in [-0.1, -0.05) is 0 Å². The van der Waals surface area contributed by atoms with Crippen LogP contribution >= 0.6 is 0 Å². The molecule has 0 aliphatic heterocycles. The van der Waals surface area contributed by atoms with Crippen LogP contribution in [0, 0.1) is 7.05 Å². The van der Waals surface area contributed by atoms with Crippen molar-refractivity contribution in [1.82, 2.24) is 0 Å². The molecule has 0 spiro atoms. The number of hydrogen-bond acceptors (Lipinski definition) is 2. The van der Waals surface area contributed by atoms with Gasteiger partial charge in [0.05, 0.1) is 5.54 Å². The first-order valence-corrected chi connectivity index (χ1v) is 2.35. The molecule has 0 aromatic heterocycles. The van der Waals surface area contributed by atoms with E-state index in [0.29, 0.717) is 0 Å². The molecule has 0 aromatic carbocycles. The summed E-state index contributed by atoms with van der Waals surface area (Å²) in [6.07, 6.45) is 0. The summed E-state index contributed by atoms with van der Waals surface area (Å²) in [5.74, 6) is 0. The second-order valence-corrected chi connectivity index (χ2v) is 2.42. The van der Waals surface area contributed by atoms with Crippen LogP contribution in [0.3, 0.4) is 0 Å². The lowest BCUT2D eigenvalue weighted by Crippen LogP contribution is -2.82. The van der Waals surface area contributed by atoms with Crippen molar-refractivity contribution < 1.29 is 5.32 Å². The molecule has 0 aliphatic carbocycles. The van der Waals surface area contributed by atoms with Crippen molar-refractivity contribution in [2.45, 2.75) is 19.4 Å². The zero-order valence-electron chi connectivity index (χ0n) is 4.99. The summed E-state index contributed by atoms with van der Waals surface area (Å²) in [6.45, 7) is 4.66. The maximum atomic E-state index is 5.54. The quantitative estimate of drug-likeness (QED) is 0.424. The van der Waals surface area contributed by atoms with E-state index in [9.17, 15) is 0 Å². The van der Waals surface area contributed by atoms with Gasteiger partial charge >= 0.3 is 0 Å². The smallest absolute Gasteiger partial charge is 0.110 e. The molecule has 0 bridgehead atoms. The Kier molecular flexibility index (Phi) is 2.26. The van der Waals surface area contributed by atoms with Gasteiger partial charge < -0.3 is 11.1 Å². The van der Waals surface area contributed by atoms with Gasteiger partial charge in [-0.05, 0) is 13.8 Å². The summed E-state index contributed by atoms with van der Waals surface area (Å²) in [7, 11) is 3.44. The van der Waals surface area contributed by atoms with E-state index in [1.807, 2.05) is 13.8 Å². The molecule has 0 heterocycles. The van der Waals surface area contributed by atoms with Gasteiger partial charge in [-0.25, -0.2) is 0 Å². The predicted octanol–water partition coefficient (Wildman–Crippen LogP) is -1.14.